The summed E-state index contributed by atoms with van der Waals surface area (Å²) in [5.74, 6) is -0.352. The van der Waals surface area contributed by atoms with Gasteiger partial charge >= 0.3 is 5.97 Å². The molecule has 1 aliphatic heterocycles. The molecule has 0 bridgehead atoms. The zero-order valence-electron chi connectivity index (χ0n) is 20.3. The van der Waals surface area contributed by atoms with Crippen LogP contribution in [0.2, 0.25) is 0 Å². The zero-order chi connectivity index (χ0) is 24.1. The summed E-state index contributed by atoms with van der Waals surface area (Å²) in [4.78, 5) is 42.9. The van der Waals surface area contributed by atoms with E-state index in [0.29, 0.717) is 42.1 Å². The van der Waals surface area contributed by atoms with Gasteiger partial charge < -0.3 is 19.9 Å². The molecular formula is C26H35N3O4. The summed E-state index contributed by atoms with van der Waals surface area (Å²) in [6, 6.07) is 8.14. The van der Waals surface area contributed by atoms with Crippen LogP contribution >= 0.6 is 0 Å². The number of benzene rings is 1. The highest BCUT2D eigenvalue weighted by Gasteiger charge is 2.32. The van der Waals surface area contributed by atoms with Gasteiger partial charge in [0.25, 0.3) is 5.91 Å². The smallest absolute Gasteiger partial charge is 0.340 e. The fourth-order valence-electron chi connectivity index (χ4n) is 4.50. The Kier molecular flexibility index (Phi) is 7.95. The Morgan fingerprint density at radius 2 is 1.76 bits per heavy atom. The number of aromatic amines is 1. The summed E-state index contributed by atoms with van der Waals surface area (Å²) < 4.78 is 5.12. The molecule has 1 fully saturated rings. The molecule has 0 spiro atoms. The number of carbonyl (C=O) groups is 3. The third kappa shape index (κ3) is 5.64. The molecule has 0 unspecified atom stereocenters. The van der Waals surface area contributed by atoms with Crippen molar-refractivity contribution in [3.8, 4) is 0 Å². The second kappa shape index (κ2) is 10.7. The van der Waals surface area contributed by atoms with Crippen molar-refractivity contribution in [2.75, 3.05) is 19.7 Å². The summed E-state index contributed by atoms with van der Waals surface area (Å²) in [6.45, 7) is 11.3. The van der Waals surface area contributed by atoms with Gasteiger partial charge in [-0.2, -0.15) is 0 Å². The van der Waals surface area contributed by atoms with E-state index in [9.17, 15) is 14.4 Å². The molecule has 2 heterocycles. The van der Waals surface area contributed by atoms with Crippen molar-refractivity contribution in [1.82, 2.24) is 15.2 Å². The van der Waals surface area contributed by atoms with E-state index in [0.717, 1.165) is 18.4 Å². The summed E-state index contributed by atoms with van der Waals surface area (Å²) in [5.41, 5.74) is 4.43. The van der Waals surface area contributed by atoms with Gasteiger partial charge in [0.05, 0.1) is 12.2 Å². The molecule has 0 radical (unpaired) electrons. The average molecular weight is 454 g/mol. The molecule has 0 aliphatic carbocycles. The van der Waals surface area contributed by atoms with Crippen LogP contribution in [0, 0.1) is 32.6 Å². The van der Waals surface area contributed by atoms with Gasteiger partial charge in [0, 0.05) is 31.2 Å². The lowest BCUT2D eigenvalue weighted by molar-refractivity contribution is -0.126. The monoisotopic (exact) mass is 453 g/mol. The van der Waals surface area contributed by atoms with E-state index in [1.54, 1.807) is 25.7 Å². The van der Waals surface area contributed by atoms with Gasteiger partial charge in [-0.05, 0) is 57.6 Å². The van der Waals surface area contributed by atoms with Gasteiger partial charge in [0.1, 0.15) is 5.69 Å². The second-order valence-electron chi connectivity index (χ2n) is 8.97. The molecule has 7 nitrogen and oxygen atoms in total. The number of amides is 2. The first kappa shape index (κ1) is 24.6. The number of rotatable bonds is 7. The normalized spacial score (nSPS) is 15.2. The number of likely N-dealkylation sites (tertiary alicyclic amines) is 1. The maximum absolute atomic E-state index is 13.1. The van der Waals surface area contributed by atoms with Crippen molar-refractivity contribution >= 4 is 17.8 Å². The number of H-pyrrole nitrogens is 1. The highest BCUT2D eigenvalue weighted by molar-refractivity contribution is 6.00. The van der Waals surface area contributed by atoms with Crippen LogP contribution in [-0.2, 0) is 16.1 Å². The van der Waals surface area contributed by atoms with Crippen LogP contribution in [0.1, 0.15) is 69.9 Å². The lowest BCUT2D eigenvalue weighted by atomic mass is 9.84. The van der Waals surface area contributed by atoms with Crippen LogP contribution in [0.5, 0.6) is 0 Å². The molecule has 2 N–H and O–H groups in total. The molecule has 0 saturated carbocycles. The first-order valence-corrected chi connectivity index (χ1v) is 11.7. The van der Waals surface area contributed by atoms with Crippen LogP contribution < -0.4 is 5.32 Å². The topological polar surface area (TPSA) is 91.5 Å². The fraction of sp³-hybridized carbons (Fsp3) is 0.500. The maximum atomic E-state index is 13.1. The Morgan fingerprint density at radius 1 is 1.12 bits per heavy atom. The number of nitrogens with one attached hydrogen (secondary N) is 2. The quantitative estimate of drug-likeness (QED) is 0.622. The summed E-state index contributed by atoms with van der Waals surface area (Å²) in [6.07, 6.45) is 1.54. The summed E-state index contributed by atoms with van der Waals surface area (Å²) in [7, 11) is 0. The van der Waals surface area contributed by atoms with Crippen LogP contribution in [0.3, 0.4) is 0 Å². The Hall–Kier alpha value is -3.09. The van der Waals surface area contributed by atoms with Crippen LogP contribution in [0.4, 0.5) is 0 Å². The van der Waals surface area contributed by atoms with Gasteiger partial charge in [-0.25, -0.2) is 4.79 Å². The largest absolute Gasteiger partial charge is 0.462 e. The van der Waals surface area contributed by atoms with Crippen molar-refractivity contribution in [3.63, 3.8) is 0 Å². The predicted molar refractivity (Wildman–Crippen MR) is 127 cm³/mol. The molecule has 33 heavy (non-hydrogen) atoms. The fourth-order valence-corrected chi connectivity index (χ4v) is 4.50. The average Bonchev–Trinajstić information content (AvgIpc) is 3.11. The predicted octanol–water partition coefficient (Wildman–Crippen LogP) is 3.92. The SMILES string of the molecule is CCOC(=O)c1c(C)[nH]c(C(=O)N2CCC([C@H](C)C(=O)NCc3ccc(C)cc3)CC2)c1C. The van der Waals surface area contributed by atoms with E-state index in [-0.39, 0.29) is 30.3 Å². The third-order valence-electron chi connectivity index (χ3n) is 6.67. The van der Waals surface area contributed by atoms with Crippen molar-refractivity contribution in [2.45, 2.75) is 54.0 Å². The molecule has 1 aromatic carbocycles. The standard InChI is InChI=1S/C26H35N3O4/c1-6-33-26(32)22-18(4)23(28-19(22)5)25(31)29-13-11-21(12-14-29)17(3)24(30)27-15-20-9-7-16(2)8-10-20/h7-10,17,21,28H,6,11-15H2,1-5H3,(H,27,30)/t17-/m0/s1. The molecule has 3 rings (SSSR count). The van der Waals surface area contributed by atoms with Crippen molar-refractivity contribution in [3.05, 3.63) is 57.9 Å². The third-order valence-corrected chi connectivity index (χ3v) is 6.67. The molecule has 1 atom stereocenters. The number of aromatic nitrogens is 1. The van der Waals surface area contributed by atoms with Gasteiger partial charge in [0.2, 0.25) is 5.91 Å². The number of nitrogens with zero attached hydrogens (tertiary/aromatic N) is 1. The number of ether oxygens (including phenoxy) is 1. The van der Waals surface area contributed by atoms with Crippen molar-refractivity contribution in [2.24, 2.45) is 11.8 Å². The van der Waals surface area contributed by atoms with Crippen LogP contribution in [-0.4, -0.2) is 47.4 Å². The molecule has 2 amide bonds. The number of aryl methyl sites for hydroxylation is 2. The van der Waals surface area contributed by atoms with E-state index < -0.39 is 5.97 Å². The number of hydrogen-bond donors (Lipinski definition) is 2. The van der Waals surface area contributed by atoms with Gasteiger partial charge in [-0.1, -0.05) is 36.8 Å². The Morgan fingerprint density at radius 3 is 2.36 bits per heavy atom. The zero-order valence-corrected chi connectivity index (χ0v) is 20.3. The number of piperidine rings is 1. The highest BCUT2D eigenvalue weighted by atomic mass is 16.5. The Labute approximate surface area is 195 Å². The van der Waals surface area contributed by atoms with E-state index in [1.807, 2.05) is 38.1 Å². The number of esters is 1. The Bertz CT molecular complexity index is 1000. The summed E-state index contributed by atoms with van der Waals surface area (Å²) in [5, 5.41) is 3.04. The first-order chi connectivity index (χ1) is 15.7. The molecule has 1 saturated heterocycles. The molecular weight excluding hydrogens is 418 g/mol. The maximum Gasteiger partial charge on any atom is 0.340 e. The highest BCUT2D eigenvalue weighted by Crippen LogP contribution is 2.27. The van der Waals surface area contributed by atoms with Crippen molar-refractivity contribution < 1.29 is 19.1 Å². The molecule has 1 aromatic heterocycles. The molecule has 1 aliphatic rings. The van der Waals surface area contributed by atoms with E-state index in [1.165, 1.54) is 5.56 Å². The van der Waals surface area contributed by atoms with Gasteiger partial charge in [-0.3, -0.25) is 9.59 Å². The van der Waals surface area contributed by atoms with Crippen molar-refractivity contribution in [1.29, 1.82) is 0 Å². The Balaban J connectivity index is 1.55. The lowest BCUT2D eigenvalue weighted by Gasteiger charge is -2.34. The van der Waals surface area contributed by atoms with E-state index in [2.05, 4.69) is 10.3 Å². The van der Waals surface area contributed by atoms with E-state index >= 15 is 0 Å². The first-order valence-electron chi connectivity index (χ1n) is 11.7. The van der Waals surface area contributed by atoms with Crippen LogP contribution in [0.25, 0.3) is 0 Å². The minimum absolute atomic E-state index is 0.0512. The number of carbonyl (C=O) groups excluding carboxylic acids is 3. The van der Waals surface area contributed by atoms with E-state index in [4.69, 9.17) is 4.74 Å². The molecule has 178 valence electrons. The van der Waals surface area contributed by atoms with Gasteiger partial charge in [0.15, 0.2) is 0 Å². The van der Waals surface area contributed by atoms with Crippen LogP contribution in [0.15, 0.2) is 24.3 Å². The lowest BCUT2D eigenvalue weighted by Crippen LogP contribution is -2.42. The minimum atomic E-state index is -0.410. The van der Waals surface area contributed by atoms with Gasteiger partial charge in [-0.15, -0.1) is 0 Å². The second-order valence-corrected chi connectivity index (χ2v) is 8.97. The molecule has 2 aromatic rings. The number of hydrogen-bond acceptors (Lipinski definition) is 4. The molecule has 7 heteroatoms. The minimum Gasteiger partial charge on any atom is -0.462 e. The summed E-state index contributed by atoms with van der Waals surface area (Å²) >= 11 is 0.